The van der Waals surface area contributed by atoms with Crippen LogP contribution in [-0.2, 0) is 19.1 Å². The van der Waals surface area contributed by atoms with Gasteiger partial charge in [0.25, 0.3) is 0 Å². The van der Waals surface area contributed by atoms with E-state index in [2.05, 4.69) is 10.6 Å². The van der Waals surface area contributed by atoms with Crippen LogP contribution in [0.15, 0.2) is 0 Å². The van der Waals surface area contributed by atoms with Gasteiger partial charge in [0.15, 0.2) is 12.5 Å². The van der Waals surface area contributed by atoms with Gasteiger partial charge in [-0.05, 0) is 6.92 Å². The van der Waals surface area contributed by atoms with E-state index in [0.29, 0.717) is 26.2 Å². The number of aliphatic hydroxyl groups is 1. The van der Waals surface area contributed by atoms with Crippen LogP contribution in [0, 0.1) is 0 Å². The smallest absolute Gasteiger partial charge is 0.224 e. The number of aliphatic hydroxyl groups excluding tert-OH is 1. The first-order valence-electron chi connectivity index (χ1n) is 5.50. The molecule has 0 aromatic heterocycles. The number of carbonyl (C=O) groups excluding carboxylic acids is 2. The fraction of sp³-hybridized carbons (Fsp3) is 0.800. The normalized spacial score (nSPS) is 12.1. The number of amides is 1. The molecule has 17 heavy (non-hydrogen) atoms. The highest BCUT2D eigenvalue weighted by Gasteiger charge is 2.10. The summed E-state index contributed by atoms with van der Waals surface area (Å²) in [5.74, 6) is -0.424. The minimum Gasteiger partial charge on any atom is -0.396 e. The summed E-state index contributed by atoms with van der Waals surface area (Å²) in [7, 11) is 0. The van der Waals surface area contributed by atoms with Gasteiger partial charge >= 0.3 is 0 Å². The average molecular weight is 248 g/mol. The van der Waals surface area contributed by atoms with Crippen molar-refractivity contribution >= 4 is 12.2 Å². The predicted molar refractivity (Wildman–Crippen MR) is 60.1 cm³/mol. The monoisotopic (exact) mass is 248 g/mol. The highest BCUT2D eigenvalue weighted by molar-refractivity contribution is 5.79. The lowest BCUT2D eigenvalue weighted by Crippen LogP contribution is -2.39. The van der Waals surface area contributed by atoms with E-state index >= 15 is 0 Å². The molecular formula is C10H20N2O5. The van der Waals surface area contributed by atoms with E-state index in [1.54, 1.807) is 0 Å². The van der Waals surface area contributed by atoms with Crippen molar-refractivity contribution in [2.24, 2.45) is 0 Å². The topological polar surface area (TPSA) is 96.9 Å². The van der Waals surface area contributed by atoms with Gasteiger partial charge in [-0.15, -0.1) is 0 Å². The molecule has 7 nitrogen and oxygen atoms in total. The second kappa shape index (κ2) is 11.5. The molecular weight excluding hydrogens is 228 g/mol. The molecule has 0 saturated heterocycles. The standard InChI is InChI=1S/C10H20N2O5/c1-2-16-8-11-4-6-17-10(7-14)12-9(15)3-5-13/h7,10-11,13H,2-6,8H2,1H3,(H,12,15). The third kappa shape index (κ3) is 9.88. The summed E-state index contributed by atoms with van der Waals surface area (Å²) in [4.78, 5) is 21.6. The Morgan fingerprint density at radius 1 is 1.53 bits per heavy atom. The number of nitrogens with one attached hydrogen (secondary N) is 2. The Hall–Kier alpha value is -1.02. The summed E-state index contributed by atoms with van der Waals surface area (Å²) in [6, 6.07) is 0. The number of hydrogen-bond acceptors (Lipinski definition) is 6. The Bertz CT molecular complexity index is 213. The number of ether oxygens (including phenoxy) is 2. The van der Waals surface area contributed by atoms with Crippen LogP contribution in [0.1, 0.15) is 13.3 Å². The molecule has 0 aliphatic rings. The van der Waals surface area contributed by atoms with Crippen LogP contribution in [0.2, 0.25) is 0 Å². The van der Waals surface area contributed by atoms with Crippen molar-refractivity contribution in [2.45, 2.75) is 19.6 Å². The molecule has 7 heteroatoms. The quantitative estimate of drug-likeness (QED) is 0.237. The molecule has 1 amide bonds. The zero-order valence-electron chi connectivity index (χ0n) is 9.98. The molecule has 0 radical (unpaired) electrons. The van der Waals surface area contributed by atoms with Gasteiger partial charge in [0.05, 0.1) is 19.9 Å². The lowest BCUT2D eigenvalue weighted by molar-refractivity contribution is -0.132. The van der Waals surface area contributed by atoms with Crippen molar-refractivity contribution in [1.29, 1.82) is 0 Å². The summed E-state index contributed by atoms with van der Waals surface area (Å²) < 4.78 is 10.1. The first-order valence-corrected chi connectivity index (χ1v) is 5.50. The molecule has 0 saturated carbocycles. The van der Waals surface area contributed by atoms with Gasteiger partial charge in [0, 0.05) is 19.6 Å². The van der Waals surface area contributed by atoms with E-state index in [0.717, 1.165) is 0 Å². The molecule has 1 atom stereocenters. The number of carbonyl (C=O) groups is 2. The van der Waals surface area contributed by atoms with Crippen molar-refractivity contribution < 1.29 is 24.2 Å². The summed E-state index contributed by atoms with van der Waals surface area (Å²) in [5.41, 5.74) is 0. The van der Waals surface area contributed by atoms with E-state index in [1.165, 1.54) is 0 Å². The molecule has 100 valence electrons. The lowest BCUT2D eigenvalue weighted by Gasteiger charge is -2.13. The van der Waals surface area contributed by atoms with Crippen LogP contribution in [0.3, 0.4) is 0 Å². The van der Waals surface area contributed by atoms with Gasteiger partial charge in [-0.1, -0.05) is 0 Å². The molecule has 0 aromatic carbocycles. The van der Waals surface area contributed by atoms with Crippen LogP contribution in [0.5, 0.6) is 0 Å². The Kier molecular flexibility index (Phi) is 10.8. The van der Waals surface area contributed by atoms with Gasteiger partial charge in [0.2, 0.25) is 5.91 Å². The minimum atomic E-state index is -0.969. The molecule has 0 heterocycles. The molecule has 0 fully saturated rings. The second-order valence-electron chi connectivity index (χ2n) is 3.11. The Morgan fingerprint density at radius 2 is 2.29 bits per heavy atom. The van der Waals surface area contributed by atoms with E-state index < -0.39 is 12.1 Å². The van der Waals surface area contributed by atoms with E-state index in [1.807, 2.05) is 6.92 Å². The number of hydrogen-bond donors (Lipinski definition) is 3. The maximum Gasteiger partial charge on any atom is 0.224 e. The largest absolute Gasteiger partial charge is 0.396 e. The Balaban J connectivity index is 3.54. The summed E-state index contributed by atoms with van der Waals surface area (Å²) in [6.45, 7) is 3.46. The van der Waals surface area contributed by atoms with Crippen LogP contribution in [-0.4, -0.2) is 56.6 Å². The summed E-state index contributed by atoms with van der Waals surface area (Å²) >= 11 is 0. The minimum absolute atomic E-state index is 0.0453. The molecule has 0 aliphatic heterocycles. The first-order chi connectivity index (χ1) is 8.24. The maximum atomic E-state index is 11.0. The van der Waals surface area contributed by atoms with Gasteiger partial charge in [-0.25, -0.2) is 0 Å². The SMILES string of the molecule is CCOCNCCOC(C=O)NC(=O)CCO. The Morgan fingerprint density at radius 3 is 2.88 bits per heavy atom. The van der Waals surface area contributed by atoms with Crippen molar-refractivity contribution in [2.75, 3.05) is 33.1 Å². The average Bonchev–Trinajstić information content (AvgIpc) is 2.32. The van der Waals surface area contributed by atoms with Crippen molar-refractivity contribution in [3.05, 3.63) is 0 Å². The molecule has 0 bridgehead atoms. The summed E-state index contributed by atoms with van der Waals surface area (Å²) in [6.07, 6.45) is -0.517. The van der Waals surface area contributed by atoms with Crippen molar-refractivity contribution in [1.82, 2.24) is 10.6 Å². The van der Waals surface area contributed by atoms with Crippen molar-refractivity contribution in [3.63, 3.8) is 0 Å². The predicted octanol–water partition coefficient (Wildman–Crippen LogP) is -1.39. The highest BCUT2D eigenvalue weighted by Crippen LogP contribution is 1.85. The van der Waals surface area contributed by atoms with E-state index in [4.69, 9.17) is 14.6 Å². The highest BCUT2D eigenvalue weighted by atomic mass is 16.5. The van der Waals surface area contributed by atoms with Crippen LogP contribution >= 0.6 is 0 Å². The van der Waals surface area contributed by atoms with Gasteiger partial charge in [0.1, 0.15) is 0 Å². The Labute approximate surface area is 100 Å². The molecule has 3 N–H and O–H groups in total. The molecule has 1 unspecified atom stereocenters. The third-order valence-corrected chi connectivity index (χ3v) is 1.75. The van der Waals surface area contributed by atoms with Gasteiger partial charge in [-0.3, -0.25) is 14.9 Å². The van der Waals surface area contributed by atoms with Crippen LogP contribution < -0.4 is 10.6 Å². The third-order valence-electron chi connectivity index (χ3n) is 1.75. The molecule has 0 aliphatic carbocycles. The number of aldehydes is 1. The first kappa shape index (κ1) is 16.0. The number of rotatable bonds is 11. The second-order valence-corrected chi connectivity index (χ2v) is 3.11. The zero-order chi connectivity index (χ0) is 12.9. The van der Waals surface area contributed by atoms with Crippen LogP contribution in [0.4, 0.5) is 0 Å². The van der Waals surface area contributed by atoms with E-state index in [9.17, 15) is 9.59 Å². The molecule has 0 aromatic rings. The summed E-state index contributed by atoms with van der Waals surface area (Å²) in [5, 5.41) is 13.8. The van der Waals surface area contributed by atoms with Crippen LogP contribution in [0.25, 0.3) is 0 Å². The fourth-order valence-corrected chi connectivity index (χ4v) is 0.952. The maximum absolute atomic E-state index is 11.0. The fourth-order valence-electron chi connectivity index (χ4n) is 0.952. The van der Waals surface area contributed by atoms with Gasteiger partial charge in [-0.2, -0.15) is 0 Å². The van der Waals surface area contributed by atoms with E-state index in [-0.39, 0.29) is 19.6 Å². The molecule has 0 rings (SSSR count). The zero-order valence-corrected chi connectivity index (χ0v) is 9.98. The lowest BCUT2D eigenvalue weighted by atomic mass is 10.4. The molecule has 0 spiro atoms. The van der Waals surface area contributed by atoms with Gasteiger partial charge < -0.3 is 19.9 Å². The van der Waals surface area contributed by atoms with Crippen molar-refractivity contribution in [3.8, 4) is 0 Å².